The number of fused-ring (bicyclic) bond motifs is 1. The number of anilines is 1. The van der Waals surface area contributed by atoms with Crippen LogP contribution in [0.15, 0.2) is 42.6 Å². The molecule has 0 aliphatic rings. The standard InChI is InChI=1S/C15H11Cl2N3O/c1-9-8-10(16)5-6-11(9)18-15(21)14-13(17)12-4-2-3-7-20(12)19-14/h2-8H,1H3,(H,18,21). The van der Waals surface area contributed by atoms with Crippen LogP contribution < -0.4 is 5.32 Å². The van der Waals surface area contributed by atoms with Gasteiger partial charge in [-0.2, -0.15) is 5.10 Å². The maximum Gasteiger partial charge on any atom is 0.277 e. The third-order valence-electron chi connectivity index (χ3n) is 3.13. The molecule has 21 heavy (non-hydrogen) atoms. The molecule has 3 rings (SSSR count). The van der Waals surface area contributed by atoms with Crippen LogP contribution in [0.2, 0.25) is 10.0 Å². The molecule has 2 aromatic heterocycles. The normalized spacial score (nSPS) is 10.8. The van der Waals surface area contributed by atoms with E-state index in [4.69, 9.17) is 23.2 Å². The minimum absolute atomic E-state index is 0.192. The van der Waals surface area contributed by atoms with Gasteiger partial charge < -0.3 is 5.32 Å². The second-order valence-corrected chi connectivity index (χ2v) is 5.42. The van der Waals surface area contributed by atoms with Crippen LogP contribution in [0.1, 0.15) is 16.1 Å². The molecule has 0 radical (unpaired) electrons. The number of benzene rings is 1. The smallest absolute Gasteiger partial charge is 0.277 e. The third-order valence-corrected chi connectivity index (χ3v) is 3.74. The molecule has 4 nitrogen and oxygen atoms in total. The molecule has 6 heteroatoms. The molecule has 0 atom stereocenters. The molecule has 0 aliphatic heterocycles. The van der Waals surface area contributed by atoms with Crippen molar-refractivity contribution < 1.29 is 4.79 Å². The molecule has 1 N–H and O–H groups in total. The van der Waals surface area contributed by atoms with Crippen molar-refractivity contribution in [1.82, 2.24) is 9.61 Å². The Morgan fingerprint density at radius 3 is 2.76 bits per heavy atom. The number of hydrogen-bond acceptors (Lipinski definition) is 2. The number of rotatable bonds is 2. The number of aromatic nitrogens is 2. The summed E-state index contributed by atoms with van der Waals surface area (Å²) in [4.78, 5) is 12.3. The lowest BCUT2D eigenvalue weighted by atomic mass is 10.2. The predicted molar refractivity (Wildman–Crippen MR) is 84.3 cm³/mol. The van der Waals surface area contributed by atoms with Crippen LogP contribution in [0, 0.1) is 6.92 Å². The average molecular weight is 320 g/mol. The highest BCUT2D eigenvalue weighted by atomic mass is 35.5. The molecule has 0 saturated heterocycles. The van der Waals surface area contributed by atoms with Crippen LogP contribution in [0.4, 0.5) is 5.69 Å². The fourth-order valence-electron chi connectivity index (χ4n) is 2.06. The first-order chi connectivity index (χ1) is 10.1. The molecule has 0 saturated carbocycles. The molecule has 2 heterocycles. The minimum atomic E-state index is -0.353. The number of carbonyl (C=O) groups excluding carboxylic acids is 1. The highest BCUT2D eigenvalue weighted by Crippen LogP contribution is 2.24. The Kier molecular flexibility index (Phi) is 3.57. The van der Waals surface area contributed by atoms with Gasteiger partial charge in [-0.1, -0.05) is 29.3 Å². The quantitative estimate of drug-likeness (QED) is 0.769. The Morgan fingerprint density at radius 1 is 1.24 bits per heavy atom. The van der Waals surface area contributed by atoms with Gasteiger partial charge in [0.2, 0.25) is 0 Å². The van der Waals surface area contributed by atoms with Gasteiger partial charge in [0.25, 0.3) is 5.91 Å². The zero-order valence-corrected chi connectivity index (χ0v) is 12.6. The second-order valence-electron chi connectivity index (χ2n) is 4.61. The van der Waals surface area contributed by atoms with Crippen molar-refractivity contribution in [1.29, 1.82) is 0 Å². The molecule has 1 aromatic carbocycles. The lowest BCUT2D eigenvalue weighted by Gasteiger charge is -2.07. The highest BCUT2D eigenvalue weighted by molar-refractivity contribution is 6.37. The topological polar surface area (TPSA) is 46.4 Å². The van der Waals surface area contributed by atoms with E-state index in [9.17, 15) is 4.79 Å². The maximum atomic E-state index is 12.3. The molecule has 0 aliphatic carbocycles. The van der Waals surface area contributed by atoms with Gasteiger partial charge in [-0.25, -0.2) is 4.52 Å². The van der Waals surface area contributed by atoms with Gasteiger partial charge >= 0.3 is 0 Å². The summed E-state index contributed by atoms with van der Waals surface area (Å²) in [6.45, 7) is 1.87. The first-order valence-electron chi connectivity index (χ1n) is 6.26. The van der Waals surface area contributed by atoms with E-state index in [0.29, 0.717) is 21.2 Å². The van der Waals surface area contributed by atoms with E-state index in [0.717, 1.165) is 5.56 Å². The number of hydrogen-bond donors (Lipinski definition) is 1. The fraction of sp³-hybridized carbons (Fsp3) is 0.0667. The second kappa shape index (κ2) is 5.39. The van der Waals surface area contributed by atoms with E-state index in [1.54, 1.807) is 35.0 Å². The summed E-state index contributed by atoms with van der Waals surface area (Å²) in [6, 6.07) is 10.7. The SMILES string of the molecule is Cc1cc(Cl)ccc1NC(=O)c1nn2ccccc2c1Cl. The Hall–Kier alpha value is -2.04. The summed E-state index contributed by atoms with van der Waals surface area (Å²) >= 11 is 12.1. The van der Waals surface area contributed by atoms with Gasteiger partial charge in [-0.05, 0) is 42.8 Å². The van der Waals surface area contributed by atoms with E-state index in [2.05, 4.69) is 10.4 Å². The number of nitrogens with zero attached hydrogens (tertiary/aromatic N) is 2. The fourth-order valence-corrected chi connectivity index (χ4v) is 2.56. The Morgan fingerprint density at radius 2 is 2.05 bits per heavy atom. The van der Waals surface area contributed by atoms with Crippen LogP contribution in [-0.2, 0) is 0 Å². The van der Waals surface area contributed by atoms with Gasteiger partial charge in [0.05, 0.1) is 10.5 Å². The van der Waals surface area contributed by atoms with Gasteiger partial charge in [0.15, 0.2) is 5.69 Å². The van der Waals surface area contributed by atoms with Crippen molar-refractivity contribution >= 4 is 40.3 Å². The molecule has 0 fully saturated rings. The van der Waals surface area contributed by atoms with Crippen molar-refractivity contribution in [3.8, 4) is 0 Å². The maximum absolute atomic E-state index is 12.3. The number of pyridine rings is 1. The Bertz CT molecular complexity index is 842. The largest absolute Gasteiger partial charge is 0.320 e. The van der Waals surface area contributed by atoms with Crippen LogP contribution >= 0.6 is 23.2 Å². The molecule has 0 spiro atoms. The third kappa shape index (κ3) is 2.60. The lowest BCUT2D eigenvalue weighted by molar-refractivity contribution is 0.102. The molecule has 3 aromatic rings. The summed E-state index contributed by atoms with van der Waals surface area (Å²) in [5, 5.41) is 7.95. The Balaban J connectivity index is 1.95. The molecule has 0 unspecified atom stereocenters. The monoisotopic (exact) mass is 319 g/mol. The van der Waals surface area contributed by atoms with E-state index < -0.39 is 0 Å². The molecule has 0 bridgehead atoms. The molecular formula is C15H11Cl2N3O. The van der Waals surface area contributed by atoms with Crippen LogP contribution in [-0.4, -0.2) is 15.5 Å². The Labute approximate surface area is 131 Å². The summed E-state index contributed by atoms with van der Waals surface area (Å²) in [5.74, 6) is -0.353. The van der Waals surface area contributed by atoms with Crippen molar-refractivity contribution in [2.45, 2.75) is 6.92 Å². The van der Waals surface area contributed by atoms with E-state index in [1.807, 2.05) is 19.1 Å². The van der Waals surface area contributed by atoms with Crippen molar-refractivity contribution in [2.24, 2.45) is 0 Å². The van der Waals surface area contributed by atoms with Crippen molar-refractivity contribution in [3.63, 3.8) is 0 Å². The molecular weight excluding hydrogens is 309 g/mol. The average Bonchev–Trinajstić information content (AvgIpc) is 2.80. The van der Waals surface area contributed by atoms with Crippen LogP contribution in [0.5, 0.6) is 0 Å². The van der Waals surface area contributed by atoms with E-state index >= 15 is 0 Å². The predicted octanol–water partition coefficient (Wildman–Crippen LogP) is 4.20. The highest BCUT2D eigenvalue weighted by Gasteiger charge is 2.18. The number of halogens is 2. The van der Waals surface area contributed by atoms with Crippen molar-refractivity contribution in [2.75, 3.05) is 5.32 Å². The first-order valence-corrected chi connectivity index (χ1v) is 7.02. The number of nitrogens with one attached hydrogen (secondary N) is 1. The van der Waals surface area contributed by atoms with Gasteiger partial charge in [0.1, 0.15) is 0 Å². The van der Waals surface area contributed by atoms with Gasteiger partial charge in [0, 0.05) is 16.9 Å². The number of carbonyl (C=O) groups is 1. The van der Waals surface area contributed by atoms with Crippen molar-refractivity contribution in [3.05, 3.63) is 63.9 Å². The van der Waals surface area contributed by atoms with E-state index in [-0.39, 0.29) is 11.6 Å². The van der Waals surface area contributed by atoms with Gasteiger partial charge in [-0.3, -0.25) is 4.79 Å². The summed E-state index contributed by atoms with van der Waals surface area (Å²) in [7, 11) is 0. The zero-order valence-electron chi connectivity index (χ0n) is 11.1. The summed E-state index contributed by atoms with van der Waals surface area (Å²) < 4.78 is 1.58. The van der Waals surface area contributed by atoms with E-state index in [1.165, 1.54) is 0 Å². The van der Waals surface area contributed by atoms with Crippen LogP contribution in [0.3, 0.4) is 0 Å². The van der Waals surface area contributed by atoms with Crippen LogP contribution in [0.25, 0.3) is 5.52 Å². The number of aryl methyl sites for hydroxylation is 1. The minimum Gasteiger partial charge on any atom is -0.320 e. The molecule has 1 amide bonds. The van der Waals surface area contributed by atoms with Gasteiger partial charge in [-0.15, -0.1) is 0 Å². The number of amides is 1. The summed E-state index contributed by atoms with van der Waals surface area (Å²) in [6.07, 6.45) is 1.74. The molecule has 106 valence electrons. The zero-order chi connectivity index (χ0) is 15.0. The summed E-state index contributed by atoms with van der Waals surface area (Å²) in [5.41, 5.74) is 2.43. The first kappa shape index (κ1) is 13.9. The lowest BCUT2D eigenvalue weighted by Crippen LogP contribution is -2.14.